The van der Waals surface area contributed by atoms with E-state index in [1.54, 1.807) is 12.4 Å². The summed E-state index contributed by atoms with van der Waals surface area (Å²) in [5.74, 6) is -1.54. The Hall–Kier alpha value is -3.33. The second kappa shape index (κ2) is 7.67. The van der Waals surface area contributed by atoms with E-state index in [1.807, 2.05) is 35.8 Å². The second-order valence-electron chi connectivity index (χ2n) is 8.48. The van der Waals surface area contributed by atoms with Gasteiger partial charge in [-0.25, -0.2) is 0 Å². The van der Waals surface area contributed by atoms with Crippen LogP contribution in [0.3, 0.4) is 0 Å². The number of amides is 2. The third-order valence-electron chi connectivity index (χ3n) is 6.24. The Labute approximate surface area is 189 Å². The van der Waals surface area contributed by atoms with Crippen LogP contribution in [0.25, 0.3) is 0 Å². The summed E-state index contributed by atoms with van der Waals surface area (Å²) < 4.78 is 1.84. The highest BCUT2D eigenvalue weighted by molar-refractivity contribution is 7.09. The minimum Gasteiger partial charge on any atom is -0.341 e. The van der Waals surface area contributed by atoms with Crippen molar-refractivity contribution in [2.75, 3.05) is 5.32 Å². The summed E-state index contributed by atoms with van der Waals surface area (Å²) in [6.45, 7) is 4.34. The van der Waals surface area contributed by atoms with Crippen LogP contribution in [0.4, 0.5) is 5.69 Å². The number of anilines is 1. The number of carbonyl (C=O) groups excluding carboxylic acids is 3. The maximum absolute atomic E-state index is 13.2. The molecule has 0 saturated heterocycles. The summed E-state index contributed by atoms with van der Waals surface area (Å²) >= 11 is 1.37. The molecule has 9 heteroatoms. The van der Waals surface area contributed by atoms with Crippen molar-refractivity contribution in [1.29, 1.82) is 0 Å². The fourth-order valence-electron chi connectivity index (χ4n) is 4.42. The van der Waals surface area contributed by atoms with Gasteiger partial charge in [0.25, 0.3) is 17.6 Å². The van der Waals surface area contributed by atoms with E-state index in [9.17, 15) is 14.4 Å². The first kappa shape index (κ1) is 20.6. The quantitative estimate of drug-likeness (QED) is 0.444. The molecule has 0 bridgehead atoms. The lowest BCUT2D eigenvalue weighted by Gasteiger charge is -2.14. The number of aromatic nitrogens is 3. The first-order valence-electron chi connectivity index (χ1n) is 10.6. The normalized spacial score (nSPS) is 15.8. The van der Waals surface area contributed by atoms with Crippen molar-refractivity contribution in [2.45, 2.75) is 51.6 Å². The lowest BCUT2D eigenvalue weighted by molar-refractivity contribution is -0.118. The zero-order valence-corrected chi connectivity index (χ0v) is 18.7. The monoisotopic (exact) mass is 449 g/mol. The number of benzene rings is 1. The molecule has 2 aromatic heterocycles. The van der Waals surface area contributed by atoms with Crippen LogP contribution in [0.5, 0.6) is 0 Å². The maximum atomic E-state index is 13.2. The van der Waals surface area contributed by atoms with E-state index in [0.29, 0.717) is 40.5 Å². The molecule has 1 aliphatic carbocycles. The topological polar surface area (TPSA) is 106 Å². The van der Waals surface area contributed by atoms with Gasteiger partial charge in [0, 0.05) is 17.9 Å². The first-order chi connectivity index (χ1) is 15.4. The van der Waals surface area contributed by atoms with Crippen LogP contribution >= 0.6 is 11.3 Å². The van der Waals surface area contributed by atoms with Crippen LogP contribution < -0.4 is 10.6 Å². The summed E-state index contributed by atoms with van der Waals surface area (Å²) in [6, 6.07) is 7.55. The van der Waals surface area contributed by atoms with Crippen LogP contribution in [-0.4, -0.2) is 32.4 Å². The fraction of sp³-hybridized carbons (Fsp3) is 0.348. The number of hydrogen-bond donors (Lipinski definition) is 2. The highest BCUT2D eigenvalue weighted by Crippen LogP contribution is 2.46. The molecule has 0 spiro atoms. The summed E-state index contributed by atoms with van der Waals surface area (Å²) in [7, 11) is 0. The van der Waals surface area contributed by atoms with Gasteiger partial charge in [-0.15, -0.1) is 21.5 Å². The number of Topliss-reactive ketones (excluding diaryl/α,β-unsaturated/α-hetero) is 1. The van der Waals surface area contributed by atoms with Crippen molar-refractivity contribution in [3.8, 4) is 0 Å². The lowest BCUT2D eigenvalue weighted by atomic mass is 10.0. The van der Waals surface area contributed by atoms with Gasteiger partial charge in [-0.05, 0) is 57.2 Å². The molecule has 32 heavy (non-hydrogen) atoms. The number of hydrogen-bond acceptors (Lipinski definition) is 6. The summed E-state index contributed by atoms with van der Waals surface area (Å²) in [6.07, 6.45) is 2.99. The predicted molar refractivity (Wildman–Crippen MR) is 120 cm³/mol. The Morgan fingerprint density at radius 2 is 1.88 bits per heavy atom. The highest BCUT2D eigenvalue weighted by Gasteiger charge is 2.49. The molecule has 2 N–H and O–H groups in total. The van der Waals surface area contributed by atoms with Crippen molar-refractivity contribution in [1.82, 2.24) is 20.1 Å². The molecule has 3 aromatic rings. The molecule has 0 unspecified atom stereocenters. The van der Waals surface area contributed by atoms with Gasteiger partial charge < -0.3 is 15.2 Å². The van der Waals surface area contributed by atoms with E-state index in [2.05, 4.69) is 20.8 Å². The van der Waals surface area contributed by atoms with E-state index < -0.39 is 17.2 Å². The highest BCUT2D eigenvalue weighted by atomic mass is 32.1. The molecule has 164 valence electrons. The van der Waals surface area contributed by atoms with Gasteiger partial charge >= 0.3 is 0 Å². The molecule has 5 rings (SSSR count). The molecule has 0 radical (unpaired) electrons. The Morgan fingerprint density at radius 1 is 1.12 bits per heavy atom. The van der Waals surface area contributed by atoms with Crippen LogP contribution in [0.1, 0.15) is 61.9 Å². The van der Waals surface area contributed by atoms with E-state index in [-0.39, 0.29) is 5.91 Å². The van der Waals surface area contributed by atoms with Crippen LogP contribution in [0.15, 0.2) is 29.8 Å². The Kier molecular flexibility index (Phi) is 4.93. The molecule has 3 heterocycles. The largest absolute Gasteiger partial charge is 0.341 e. The maximum Gasteiger partial charge on any atom is 0.294 e. The smallest absolute Gasteiger partial charge is 0.294 e. The van der Waals surface area contributed by atoms with E-state index >= 15 is 0 Å². The Balaban J connectivity index is 1.42. The van der Waals surface area contributed by atoms with Crippen LogP contribution in [0, 0.1) is 13.8 Å². The number of rotatable bonds is 6. The van der Waals surface area contributed by atoms with E-state index in [4.69, 9.17) is 0 Å². The molecule has 0 atom stereocenters. The number of aryl methyl sites for hydroxylation is 1. The molecule has 1 saturated carbocycles. The standard InChI is InChI=1S/C23H23N5O3S/c1-13-5-7-15(8-6-13)25-20(30)17-14(2)18(28-11-3-4-16(17)28)19(29)21(31)26-23(9-10-23)22-27-24-12-32-22/h5-8,12H,3-4,9-11H2,1-2H3,(H,25,30)(H,26,31). The van der Waals surface area contributed by atoms with Gasteiger partial charge in [0.05, 0.1) is 16.8 Å². The zero-order chi connectivity index (χ0) is 22.5. The van der Waals surface area contributed by atoms with Crippen LogP contribution in [-0.2, 0) is 23.3 Å². The van der Waals surface area contributed by atoms with Gasteiger partial charge in [0.1, 0.15) is 10.5 Å². The number of nitrogens with zero attached hydrogens (tertiary/aromatic N) is 3. The van der Waals surface area contributed by atoms with Crippen molar-refractivity contribution >= 4 is 34.6 Å². The summed E-state index contributed by atoms with van der Waals surface area (Å²) in [5, 5.41) is 14.4. The second-order valence-corrected chi connectivity index (χ2v) is 9.31. The predicted octanol–water partition coefficient (Wildman–Crippen LogP) is 3.14. The lowest BCUT2D eigenvalue weighted by Crippen LogP contribution is -2.40. The average molecular weight is 450 g/mol. The molecule has 1 fully saturated rings. The Bertz CT molecular complexity index is 1220. The van der Waals surface area contributed by atoms with Crippen molar-refractivity contribution in [3.63, 3.8) is 0 Å². The molecule has 1 aliphatic heterocycles. The summed E-state index contributed by atoms with van der Waals surface area (Å²) in [4.78, 5) is 39.3. The average Bonchev–Trinajstić information content (AvgIpc) is 3.14. The van der Waals surface area contributed by atoms with Gasteiger partial charge in [0.15, 0.2) is 0 Å². The molecule has 2 aliphatic rings. The summed E-state index contributed by atoms with van der Waals surface area (Å²) in [5.41, 5.74) is 4.97. The fourth-order valence-corrected chi connectivity index (χ4v) is 5.19. The van der Waals surface area contributed by atoms with E-state index in [1.165, 1.54) is 11.3 Å². The number of fused-ring (bicyclic) bond motifs is 1. The third-order valence-corrected chi connectivity index (χ3v) is 7.14. The van der Waals surface area contributed by atoms with Crippen LogP contribution in [0.2, 0.25) is 0 Å². The molecular weight excluding hydrogens is 426 g/mol. The van der Waals surface area contributed by atoms with Crippen molar-refractivity contribution in [2.24, 2.45) is 0 Å². The van der Waals surface area contributed by atoms with Gasteiger partial charge in [0.2, 0.25) is 0 Å². The molecule has 8 nitrogen and oxygen atoms in total. The minimum atomic E-state index is -0.668. The number of carbonyl (C=O) groups is 3. The van der Waals surface area contributed by atoms with Gasteiger partial charge in [-0.1, -0.05) is 17.7 Å². The molecule has 2 amide bonds. The number of ketones is 1. The molecule has 1 aromatic carbocycles. The number of nitrogens with one attached hydrogen (secondary N) is 2. The van der Waals surface area contributed by atoms with E-state index in [0.717, 1.165) is 30.5 Å². The van der Waals surface area contributed by atoms with Gasteiger partial charge in [-0.2, -0.15) is 0 Å². The van der Waals surface area contributed by atoms with Crippen molar-refractivity contribution in [3.05, 3.63) is 62.9 Å². The van der Waals surface area contributed by atoms with Crippen molar-refractivity contribution < 1.29 is 14.4 Å². The van der Waals surface area contributed by atoms with Gasteiger partial charge in [-0.3, -0.25) is 14.4 Å². The molecular formula is C23H23N5O3S. The Morgan fingerprint density at radius 3 is 2.53 bits per heavy atom. The SMILES string of the molecule is Cc1ccc(NC(=O)c2c(C)c(C(=O)C(=O)NC3(c4nncs4)CC3)n3c2CCC3)cc1. The zero-order valence-electron chi connectivity index (χ0n) is 17.9. The minimum absolute atomic E-state index is 0.260. The first-order valence-corrected chi connectivity index (χ1v) is 11.5. The third kappa shape index (κ3) is 3.42.